The highest BCUT2D eigenvalue weighted by atomic mass is 35.5. The summed E-state index contributed by atoms with van der Waals surface area (Å²) in [7, 11) is 1.41. The van der Waals surface area contributed by atoms with Gasteiger partial charge in [-0.05, 0) is 31.0 Å². The molecular formula is C12H13ClO3. The van der Waals surface area contributed by atoms with Gasteiger partial charge < -0.3 is 9.47 Å². The van der Waals surface area contributed by atoms with Crippen LogP contribution >= 0.6 is 11.6 Å². The number of benzene rings is 1. The molecule has 86 valence electrons. The molecule has 1 aliphatic rings. The topological polar surface area (TPSA) is 35.5 Å². The molecular weight excluding hydrogens is 228 g/mol. The van der Waals surface area contributed by atoms with Gasteiger partial charge in [-0.15, -0.1) is 0 Å². The van der Waals surface area contributed by atoms with Crippen molar-refractivity contribution in [1.82, 2.24) is 0 Å². The minimum absolute atomic E-state index is 0.00539. The van der Waals surface area contributed by atoms with E-state index in [9.17, 15) is 4.79 Å². The Balaban J connectivity index is 1.84. The summed E-state index contributed by atoms with van der Waals surface area (Å²) in [5.41, 5.74) is 0. The molecule has 0 spiro atoms. The third-order valence-electron chi connectivity index (χ3n) is 2.73. The van der Waals surface area contributed by atoms with Crippen molar-refractivity contribution < 1.29 is 14.3 Å². The van der Waals surface area contributed by atoms with Crippen LogP contribution in [0.15, 0.2) is 24.3 Å². The van der Waals surface area contributed by atoms with E-state index in [0.717, 1.165) is 18.6 Å². The lowest BCUT2D eigenvalue weighted by molar-refractivity contribution is -0.151. The monoisotopic (exact) mass is 240 g/mol. The Bertz CT molecular complexity index is 386. The molecule has 16 heavy (non-hydrogen) atoms. The molecule has 0 amide bonds. The highest BCUT2D eigenvalue weighted by molar-refractivity contribution is 6.30. The zero-order chi connectivity index (χ0) is 11.5. The number of hydrogen-bond donors (Lipinski definition) is 0. The first kappa shape index (κ1) is 11.3. The normalized spacial score (nSPS) is 23.4. The third-order valence-corrected chi connectivity index (χ3v) is 2.96. The fraction of sp³-hybridized carbons (Fsp3) is 0.417. The number of methoxy groups -OCH3 is 1. The van der Waals surface area contributed by atoms with E-state index >= 15 is 0 Å². The maximum Gasteiger partial charge on any atom is 0.308 e. The number of halogens is 1. The Morgan fingerprint density at radius 2 is 2.19 bits per heavy atom. The van der Waals surface area contributed by atoms with Crippen molar-refractivity contribution in [3.8, 4) is 5.75 Å². The fourth-order valence-corrected chi connectivity index (χ4v) is 1.93. The Labute approximate surface area is 99.3 Å². The standard InChI is InChI=1S/C12H13ClO3/c1-15-12(14)8-5-11(6-8)16-10-4-2-3-9(13)7-10/h2-4,7-8,11H,5-6H2,1H3. The molecule has 0 N–H and O–H groups in total. The molecule has 0 aromatic heterocycles. The Kier molecular flexibility index (Phi) is 3.34. The second-order valence-electron chi connectivity index (χ2n) is 3.89. The molecule has 0 radical (unpaired) electrons. The first-order valence-electron chi connectivity index (χ1n) is 5.19. The largest absolute Gasteiger partial charge is 0.490 e. The molecule has 4 heteroatoms. The zero-order valence-corrected chi connectivity index (χ0v) is 9.74. The summed E-state index contributed by atoms with van der Waals surface area (Å²) < 4.78 is 10.3. The van der Waals surface area contributed by atoms with Crippen LogP contribution in [0.2, 0.25) is 5.02 Å². The van der Waals surface area contributed by atoms with Gasteiger partial charge in [0, 0.05) is 5.02 Å². The molecule has 1 aliphatic carbocycles. The lowest BCUT2D eigenvalue weighted by Crippen LogP contribution is -2.38. The van der Waals surface area contributed by atoms with Crippen molar-refractivity contribution in [3.63, 3.8) is 0 Å². The van der Waals surface area contributed by atoms with Crippen LogP contribution in [0.1, 0.15) is 12.8 Å². The molecule has 0 atom stereocenters. The first-order chi connectivity index (χ1) is 7.69. The number of carbonyl (C=O) groups is 1. The number of rotatable bonds is 3. The predicted octanol–water partition coefficient (Wildman–Crippen LogP) is 2.67. The Hall–Kier alpha value is -1.22. The summed E-state index contributed by atoms with van der Waals surface area (Å²) in [5.74, 6) is 0.598. The predicted molar refractivity (Wildman–Crippen MR) is 60.6 cm³/mol. The maximum absolute atomic E-state index is 11.1. The van der Waals surface area contributed by atoms with Gasteiger partial charge in [-0.2, -0.15) is 0 Å². The summed E-state index contributed by atoms with van der Waals surface area (Å²) in [6.45, 7) is 0. The minimum Gasteiger partial charge on any atom is -0.490 e. The molecule has 2 rings (SSSR count). The quantitative estimate of drug-likeness (QED) is 0.762. The molecule has 1 fully saturated rings. The molecule has 0 bridgehead atoms. The molecule has 0 heterocycles. The molecule has 1 aromatic carbocycles. The Morgan fingerprint density at radius 3 is 2.81 bits per heavy atom. The van der Waals surface area contributed by atoms with Crippen LogP contribution in [-0.4, -0.2) is 19.2 Å². The van der Waals surface area contributed by atoms with E-state index in [1.54, 1.807) is 12.1 Å². The summed E-state index contributed by atoms with van der Waals surface area (Å²) >= 11 is 5.84. The van der Waals surface area contributed by atoms with Crippen LogP contribution in [0.4, 0.5) is 0 Å². The third kappa shape index (κ3) is 2.47. The van der Waals surface area contributed by atoms with Crippen LogP contribution in [-0.2, 0) is 9.53 Å². The second-order valence-corrected chi connectivity index (χ2v) is 4.33. The van der Waals surface area contributed by atoms with Crippen molar-refractivity contribution in [1.29, 1.82) is 0 Å². The molecule has 1 saturated carbocycles. The van der Waals surface area contributed by atoms with Gasteiger partial charge in [0.2, 0.25) is 0 Å². The van der Waals surface area contributed by atoms with Crippen molar-refractivity contribution in [2.75, 3.05) is 7.11 Å². The highest BCUT2D eigenvalue weighted by Crippen LogP contribution is 2.32. The number of ether oxygens (including phenoxy) is 2. The van der Waals surface area contributed by atoms with Gasteiger partial charge >= 0.3 is 5.97 Å². The van der Waals surface area contributed by atoms with Gasteiger partial charge in [0.25, 0.3) is 0 Å². The molecule has 0 saturated heterocycles. The van der Waals surface area contributed by atoms with E-state index in [4.69, 9.17) is 16.3 Å². The molecule has 3 nitrogen and oxygen atoms in total. The fourth-order valence-electron chi connectivity index (χ4n) is 1.75. The van der Waals surface area contributed by atoms with Crippen LogP contribution in [0.5, 0.6) is 5.75 Å². The van der Waals surface area contributed by atoms with E-state index in [-0.39, 0.29) is 18.0 Å². The van der Waals surface area contributed by atoms with Gasteiger partial charge in [0.15, 0.2) is 0 Å². The van der Waals surface area contributed by atoms with E-state index < -0.39 is 0 Å². The van der Waals surface area contributed by atoms with Crippen molar-refractivity contribution >= 4 is 17.6 Å². The van der Waals surface area contributed by atoms with E-state index in [1.807, 2.05) is 12.1 Å². The van der Waals surface area contributed by atoms with Gasteiger partial charge in [0.1, 0.15) is 11.9 Å². The summed E-state index contributed by atoms with van der Waals surface area (Å²) in [6, 6.07) is 7.27. The van der Waals surface area contributed by atoms with E-state index in [1.165, 1.54) is 7.11 Å². The number of hydrogen-bond acceptors (Lipinski definition) is 3. The summed E-state index contributed by atoms with van der Waals surface area (Å²) in [6.07, 6.45) is 1.54. The second kappa shape index (κ2) is 4.74. The average Bonchev–Trinajstić information content (AvgIpc) is 2.22. The van der Waals surface area contributed by atoms with Crippen molar-refractivity contribution in [3.05, 3.63) is 29.3 Å². The van der Waals surface area contributed by atoms with Crippen LogP contribution in [0, 0.1) is 5.92 Å². The van der Waals surface area contributed by atoms with Crippen molar-refractivity contribution in [2.45, 2.75) is 18.9 Å². The first-order valence-corrected chi connectivity index (χ1v) is 5.57. The SMILES string of the molecule is COC(=O)C1CC(Oc2cccc(Cl)c2)C1. The van der Waals surface area contributed by atoms with Gasteiger partial charge in [-0.1, -0.05) is 17.7 Å². The van der Waals surface area contributed by atoms with Gasteiger partial charge in [-0.3, -0.25) is 4.79 Å². The van der Waals surface area contributed by atoms with Crippen LogP contribution < -0.4 is 4.74 Å². The lowest BCUT2D eigenvalue weighted by Gasteiger charge is -2.33. The highest BCUT2D eigenvalue weighted by Gasteiger charge is 2.36. The van der Waals surface area contributed by atoms with E-state index in [2.05, 4.69) is 4.74 Å². The summed E-state index contributed by atoms with van der Waals surface area (Å²) in [5, 5.41) is 0.654. The maximum atomic E-state index is 11.1. The van der Waals surface area contributed by atoms with Gasteiger partial charge in [-0.25, -0.2) is 0 Å². The lowest BCUT2D eigenvalue weighted by atomic mass is 9.82. The molecule has 1 aromatic rings. The minimum atomic E-state index is -0.147. The Morgan fingerprint density at radius 1 is 1.44 bits per heavy atom. The van der Waals surface area contributed by atoms with Crippen molar-refractivity contribution in [2.24, 2.45) is 5.92 Å². The number of carbonyl (C=O) groups excluding carboxylic acids is 1. The average molecular weight is 241 g/mol. The number of esters is 1. The van der Waals surface area contributed by atoms with Crippen LogP contribution in [0.3, 0.4) is 0 Å². The smallest absolute Gasteiger partial charge is 0.308 e. The van der Waals surface area contributed by atoms with Gasteiger partial charge in [0.05, 0.1) is 13.0 Å². The molecule has 0 unspecified atom stereocenters. The summed E-state index contributed by atoms with van der Waals surface area (Å²) in [4.78, 5) is 11.1. The van der Waals surface area contributed by atoms with Crippen LogP contribution in [0.25, 0.3) is 0 Å². The molecule has 0 aliphatic heterocycles. The zero-order valence-electron chi connectivity index (χ0n) is 8.98. The van der Waals surface area contributed by atoms with E-state index in [0.29, 0.717) is 5.02 Å².